The normalized spacial score (nSPS) is 21.9. The van der Waals surface area contributed by atoms with Gasteiger partial charge in [0.05, 0.1) is 13.7 Å². The van der Waals surface area contributed by atoms with Gasteiger partial charge in [-0.1, -0.05) is 6.92 Å². The first-order valence-electron chi connectivity index (χ1n) is 6.57. The molecule has 1 N–H and O–H groups in total. The highest BCUT2D eigenvalue weighted by molar-refractivity contribution is 5.69. The summed E-state index contributed by atoms with van der Waals surface area (Å²) in [6.07, 6.45) is 2.51. The first-order valence-corrected chi connectivity index (χ1v) is 6.57. The predicted octanol–water partition coefficient (Wildman–Crippen LogP) is 2.45. The lowest BCUT2D eigenvalue weighted by molar-refractivity contribution is -0.140. The Morgan fingerprint density at radius 2 is 2.33 bits per heavy atom. The molecule has 4 heteroatoms. The third-order valence-electron chi connectivity index (χ3n) is 3.42. The van der Waals surface area contributed by atoms with E-state index in [0.717, 1.165) is 36.9 Å². The molecule has 0 spiro atoms. The van der Waals surface area contributed by atoms with Crippen molar-refractivity contribution in [2.45, 2.75) is 38.6 Å². The molecule has 4 nitrogen and oxygen atoms in total. The van der Waals surface area contributed by atoms with Crippen LogP contribution in [0.4, 0.5) is 0 Å². The van der Waals surface area contributed by atoms with Crippen molar-refractivity contribution in [1.29, 1.82) is 0 Å². The standard InChI is InChI=1S/C14H21NO3/c1-10-8-12(10)13-6-5-11(18-13)9-15-7-3-4-14(16)17-2/h5-6,10,12,15H,3-4,7-9H2,1-2H3. The van der Waals surface area contributed by atoms with Gasteiger partial charge < -0.3 is 14.5 Å². The van der Waals surface area contributed by atoms with E-state index in [4.69, 9.17) is 4.42 Å². The summed E-state index contributed by atoms with van der Waals surface area (Å²) in [5.74, 6) is 3.35. The number of carbonyl (C=O) groups excluding carboxylic acids is 1. The van der Waals surface area contributed by atoms with Crippen LogP contribution >= 0.6 is 0 Å². The lowest BCUT2D eigenvalue weighted by Gasteiger charge is -2.02. The Labute approximate surface area is 108 Å². The zero-order valence-electron chi connectivity index (χ0n) is 11.1. The van der Waals surface area contributed by atoms with Crippen LogP contribution in [0.2, 0.25) is 0 Å². The number of ether oxygens (including phenoxy) is 1. The summed E-state index contributed by atoms with van der Waals surface area (Å²) >= 11 is 0. The number of hydrogen-bond donors (Lipinski definition) is 1. The maximum Gasteiger partial charge on any atom is 0.305 e. The van der Waals surface area contributed by atoms with Crippen LogP contribution in [0.5, 0.6) is 0 Å². The topological polar surface area (TPSA) is 51.5 Å². The van der Waals surface area contributed by atoms with Gasteiger partial charge in [0, 0.05) is 12.3 Å². The smallest absolute Gasteiger partial charge is 0.305 e. The molecule has 1 saturated carbocycles. The summed E-state index contributed by atoms with van der Waals surface area (Å²) in [7, 11) is 1.42. The van der Waals surface area contributed by atoms with Crippen LogP contribution in [0.1, 0.15) is 43.6 Å². The van der Waals surface area contributed by atoms with Crippen molar-refractivity contribution in [2.75, 3.05) is 13.7 Å². The summed E-state index contributed by atoms with van der Waals surface area (Å²) in [6, 6.07) is 4.12. The Morgan fingerprint density at radius 3 is 3.00 bits per heavy atom. The third-order valence-corrected chi connectivity index (χ3v) is 3.42. The molecule has 1 aliphatic carbocycles. The number of carbonyl (C=O) groups is 1. The van der Waals surface area contributed by atoms with Crippen molar-refractivity contribution in [3.8, 4) is 0 Å². The molecule has 0 aliphatic heterocycles. The Bertz CT molecular complexity index is 399. The Hall–Kier alpha value is -1.29. The van der Waals surface area contributed by atoms with E-state index < -0.39 is 0 Å². The van der Waals surface area contributed by atoms with Crippen LogP contribution in [0.25, 0.3) is 0 Å². The molecule has 0 radical (unpaired) electrons. The SMILES string of the molecule is COC(=O)CCCNCc1ccc(C2CC2C)o1. The van der Waals surface area contributed by atoms with Crippen molar-refractivity contribution in [3.63, 3.8) is 0 Å². The van der Waals surface area contributed by atoms with Gasteiger partial charge in [0.2, 0.25) is 0 Å². The van der Waals surface area contributed by atoms with E-state index in [9.17, 15) is 4.79 Å². The molecule has 0 amide bonds. The molecule has 1 aromatic heterocycles. The van der Waals surface area contributed by atoms with E-state index in [1.54, 1.807) is 0 Å². The second-order valence-corrected chi connectivity index (χ2v) is 4.98. The molecule has 0 bridgehead atoms. The zero-order valence-corrected chi connectivity index (χ0v) is 11.1. The summed E-state index contributed by atoms with van der Waals surface area (Å²) in [5, 5.41) is 3.26. The van der Waals surface area contributed by atoms with Crippen LogP contribution in [-0.4, -0.2) is 19.6 Å². The number of esters is 1. The highest BCUT2D eigenvalue weighted by atomic mass is 16.5. The molecule has 2 unspecified atom stereocenters. The van der Waals surface area contributed by atoms with Gasteiger partial charge in [-0.2, -0.15) is 0 Å². The summed E-state index contributed by atoms with van der Waals surface area (Å²) in [5.41, 5.74) is 0. The average Bonchev–Trinajstić information content (AvgIpc) is 2.91. The van der Waals surface area contributed by atoms with Crippen LogP contribution in [0, 0.1) is 5.92 Å². The van der Waals surface area contributed by atoms with Gasteiger partial charge in [-0.25, -0.2) is 0 Å². The van der Waals surface area contributed by atoms with Crippen LogP contribution in [-0.2, 0) is 16.1 Å². The zero-order chi connectivity index (χ0) is 13.0. The molecular weight excluding hydrogens is 230 g/mol. The lowest BCUT2D eigenvalue weighted by Crippen LogP contribution is -2.15. The minimum absolute atomic E-state index is 0.153. The van der Waals surface area contributed by atoms with Crippen molar-refractivity contribution < 1.29 is 13.9 Å². The van der Waals surface area contributed by atoms with E-state index in [2.05, 4.69) is 23.0 Å². The monoisotopic (exact) mass is 251 g/mol. The molecule has 100 valence electrons. The van der Waals surface area contributed by atoms with Crippen molar-refractivity contribution in [1.82, 2.24) is 5.32 Å². The number of furan rings is 1. The Balaban J connectivity index is 1.62. The van der Waals surface area contributed by atoms with E-state index >= 15 is 0 Å². The Kier molecular flexibility index (Phi) is 4.42. The van der Waals surface area contributed by atoms with Crippen molar-refractivity contribution in [2.24, 2.45) is 5.92 Å². The maximum atomic E-state index is 10.9. The number of hydrogen-bond acceptors (Lipinski definition) is 4. The van der Waals surface area contributed by atoms with Gasteiger partial charge in [0.25, 0.3) is 0 Å². The van der Waals surface area contributed by atoms with E-state index in [-0.39, 0.29) is 5.97 Å². The van der Waals surface area contributed by atoms with Gasteiger partial charge in [-0.05, 0) is 37.4 Å². The minimum atomic E-state index is -0.153. The maximum absolute atomic E-state index is 10.9. The number of rotatable bonds is 7. The van der Waals surface area contributed by atoms with Gasteiger partial charge in [-0.15, -0.1) is 0 Å². The average molecular weight is 251 g/mol. The molecule has 2 rings (SSSR count). The fourth-order valence-electron chi connectivity index (χ4n) is 2.08. The minimum Gasteiger partial charge on any atom is -0.469 e. The quantitative estimate of drug-likeness (QED) is 0.597. The molecule has 1 heterocycles. The molecule has 0 aromatic carbocycles. The van der Waals surface area contributed by atoms with Crippen LogP contribution in [0.15, 0.2) is 16.5 Å². The number of methoxy groups -OCH3 is 1. The summed E-state index contributed by atoms with van der Waals surface area (Å²) < 4.78 is 10.3. The van der Waals surface area contributed by atoms with Gasteiger partial charge in [0.1, 0.15) is 11.5 Å². The van der Waals surface area contributed by atoms with Gasteiger partial charge in [-0.3, -0.25) is 4.79 Å². The second kappa shape index (κ2) is 6.05. The fourth-order valence-corrected chi connectivity index (χ4v) is 2.08. The number of nitrogens with one attached hydrogen (secondary N) is 1. The molecule has 2 atom stereocenters. The summed E-state index contributed by atoms with van der Waals surface area (Å²) in [4.78, 5) is 10.9. The van der Waals surface area contributed by atoms with E-state index in [1.165, 1.54) is 13.5 Å². The van der Waals surface area contributed by atoms with Gasteiger partial charge in [0.15, 0.2) is 0 Å². The molecular formula is C14H21NO3. The second-order valence-electron chi connectivity index (χ2n) is 4.98. The molecule has 0 saturated heterocycles. The largest absolute Gasteiger partial charge is 0.469 e. The Morgan fingerprint density at radius 1 is 1.56 bits per heavy atom. The fraction of sp³-hybridized carbons (Fsp3) is 0.643. The third kappa shape index (κ3) is 3.60. The van der Waals surface area contributed by atoms with Crippen molar-refractivity contribution >= 4 is 5.97 Å². The molecule has 1 fully saturated rings. The van der Waals surface area contributed by atoms with Crippen LogP contribution in [0.3, 0.4) is 0 Å². The van der Waals surface area contributed by atoms with E-state index in [0.29, 0.717) is 12.3 Å². The molecule has 1 aliphatic rings. The predicted molar refractivity (Wildman–Crippen MR) is 68.2 cm³/mol. The van der Waals surface area contributed by atoms with E-state index in [1.807, 2.05) is 6.07 Å². The van der Waals surface area contributed by atoms with Crippen LogP contribution < -0.4 is 5.32 Å². The lowest BCUT2D eigenvalue weighted by atomic mass is 10.3. The molecule has 18 heavy (non-hydrogen) atoms. The highest BCUT2D eigenvalue weighted by Crippen LogP contribution is 2.47. The first kappa shape index (κ1) is 13.1. The van der Waals surface area contributed by atoms with Gasteiger partial charge >= 0.3 is 5.97 Å². The first-order chi connectivity index (χ1) is 8.70. The highest BCUT2D eigenvalue weighted by Gasteiger charge is 2.36. The molecule has 1 aromatic rings. The van der Waals surface area contributed by atoms with Crippen molar-refractivity contribution in [3.05, 3.63) is 23.7 Å². The summed E-state index contributed by atoms with van der Waals surface area (Å²) in [6.45, 7) is 3.77.